The Morgan fingerprint density at radius 1 is 0.964 bits per heavy atom. The number of fused-ring (bicyclic) bond motifs is 2. The molecule has 28 heavy (non-hydrogen) atoms. The lowest BCUT2D eigenvalue weighted by molar-refractivity contribution is -0.121. The van der Waals surface area contributed by atoms with Gasteiger partial charge in [-0.05, 0) is 55.9 Å². The van der Waals surface area contributed by atoms with Crippen LogP contribution in [0.2, 0.25) is 0 Å². The molecule has 2 aliphatic heterocycles. The first kappa shape index (κ1) is 18.4. The van der Waals surface area contributed by atoms with Crippen molar-refractivity contribution in [2.24, 2.45) is 0 Å². The fraction of sp³-hybridized carbons (Fsp3) is 0.381. The smallest absolute Gasteiger partial charge is 0.231 e. The van der Waals surface area contributed by atoms with Gasteiger partial charge in [-0.15, -0.1) is 0 Å². The number of carbonyl (C=O) groups is 1. The fourth-order valence-corrected chi connectivity index (χ4v) is 3.37. The first-order valence-electron chi connectivity index (χ1n) is 9.31. The number of benzene rings is 2. The van der Waals surface area contributed by atoms with Gasteiger partial charge in [-0.3, -0.25) is 4.79 Å². The molecule has 0 saturated heterocycles. The summed E-state index contributed by atoms with van der Waals surface area (Å²) < 4.78 is 21.5. The number of nitrogens with one attached hydrogen (secondary N) is 1. The summed E-state index contributed by atoms with van der Waals surface area (Å²) in [5.41, 5.74) is 2.13. The molecule has 7 nitrogen and oxygen atoms in total. The largest absolute Gasteiger partial charge is 0.454 e. The zero-order valence-corrected chi connectivity index (χ0v) is 16.1. The summed E-state index contributed by atoms with van der Waals surface area (Å²) in [7, 11) is 3.99. The summed E-state index contributed by atoms with van der Waals surface area (Å²) in [4.78, 5) is 14.4. The minimum atomic E-state index is 0.0188. The van der Waals surface area contributed by atoms with Crippen molar-refractivity contribution in [2.45, 2.75) is 18.9 Å². The Morgan fingerprint density at radius 2 is 1.61 bits per heavy atom. The van der Waals surface area contributed by atoms with E-state index in [0.717, 1.165) is 34.1 Å². The van der Waals surface area contributed by atoms with Crippen LogP contribution >= 0.6 is 0 Å². The molecule has 4 rings (SSSR count). The highest BCUT2D eigenvalue weighted by atomic mass is 16.7. The Morgan fingerprint density at radius 3 is 2.32 bits per heavy atom. The summed E-state index contributed by atoms with van der Waals surface area (Å²) in [6.45, 7) is 1.03. The van der Waals surface area contributed by atoms with Crippen LogP contribution in [0.1, 0.15) is 23.6 Å². The first-order valence-corrected chi connectivity index (χ1v) is 9.31. The van der Waals surface area contributed by atoms with E-state index in [0.29, 0.717) is 19.4 Å². The van der Waals surface area contributed by atoms with Gasteiger partial charge in [-0.1, -0.05) is 12.1 Å². The molecule has 0 radical (unpaired) electrons. The molecule has 0 bridgehead atoms. The van der Waals surface area contributed by atoms with E-state index in [1.54, 1.807) is 0 Å². The Bertz CT molecular complexity index is 868. The van der Waals surface area contributed by atoms with E-state index in [2.05, 4.69) is 10.2 Å². The summed E-state index contributed by atoms with van der Waals surface area (Å²) in [6, 6.07) is 11.7. The van der Waals surface area contributed by atoms with Crippen molar-refractivity contribution < 1.29 is 23.7 Å². The average Bonchev–Trinajstić information content (AvgIpc) is 3.34. The number of rotatable bonds is 7. The normalized spacial score (nSPS) is 15.0. The lowest BCUT2D eigenvalue weighted by Gasteiger charge is -2.25. The molecule has 2 aliphatic rings. The molecule has 0 saturated carbocycles. The van der Waals surface area contributed by atoms with E-state index in [1.807, 2.05) is 50.5 Å². The van der Waals surface area contributed by atoms with Crippen LogP contribution in [0.4, 0.5) is 0 Å². The summed E-state index contributed by atoms with van der Waals surface area (Å²) >= 11 is 0. The number of carbonyl (C=O) groups excluding carboxylic acids is 1. The minimum absolute atomic E-state index is 0.0188. The maximum atomic E-state index is 12.4. The molecule has 0 spiro atoms. The van der Waals surface area contributed by atoms with Crippen molar-refractivity contribution in [1.29, 1.82) is 0 Å². The van der Waals surface area contributed by atoms with Crippen molar-refractivity contribution in [3.63, 3.8) is 0 Å². The van der Waals surface area contributed by atoms with Gasteiger partial charge in [0.05, 0.1) is 6.04 Å². The summed E-state index contributed by atoms with van der Waals surface area (Å²) in [5, 5.41) is 3.04. The van der Waals surface area contributed by atoms with Gasteiger partial charge in [0.25, 0.3) is 0 Å². The van der Waals surface area contributed by atoms with Crippen molar-refractivity contribution in [3.05, 3.63) is 47.5 Å². The third kappa shape index (κ3) is 3.99. The predicted molar refractivity (Wildman–Crippen MR) is 103 cm³/mol. The maximum absolute atomic E-state index is 12.4. The SMILES string of the molecule is CN(C)C(CNC(=O)CCc1ccc2c(c1)OCO2)c1ccc2c(c1)OCO2. The number of amides is 1. The highest BCUT2D eigenvalue weighted by Crippen LogP contribution is 2.35. The highest BCUT2D eigenvalue weighted by molar-refractivity contribution is 5.76. The highest BCUT2D eigenvalue weighted by Gasteiger charge is 2.20. The molecule has 2 aromatic carbocycles. The molecule has 0 aliphatic carbocycles. The monoisotopic (exact) mass is 384 g/mol. The zero-order chi connectivity index (χ0) is 19.5. The van der Waals surface area contributed by atoms with Crippen LogP contribution in [0.3, 0.4) is 0 Å². The van der Waals surface area contributed by atoms with E-state index in [4.69, 9.17) is 18.9 Å². The number of nitrogens with zero attached hydrogens (tertiary/aromatic N) is 1. The van der Waals surface area contributed by atoms with Crippen LogP contribution in [-0.4, -0.2) is 45.0 Å². The molecule has 1 amide bonds. The average molecular weight is 384 g/mol. The molecular weight excluding hydrogens is 360 g/mol. The fourth-order valence-electron chi connectivity index (χ4n) is 3.37. The molecule has 0 aromatic heterocycles. The van der Waals surface area contributed by atoms with Gasteiger partial charge in [0.1, 0.15) is 0 Å². The van der Waals surface area contributed by atoms with E-state index in [9.17, 15) is 4.79 Å². The molecule has 1 atom stereocenters. The number of hydrogen-bond donors (Lipinski definition) is 1. The van der Waals surface area contributed by atoms with Gasteiger partial charge in [-0.2, -0.15) is 0 Å². The number of ether oxygens (including phenoxy) is 4. The molecule has 1 unspecified atom stereocenters. The van der Waals surface area contributed by atoms with Gasteiger partial charge in [0, 0.05) is 13.0 Å². The molecular formula is C21H24N2O5. The molecule has 0 fully saturated rings. The molecule has 2 heterocycles. The van der Waals surface area contributed by atoms with Crippen molar-refractivity contribution >= 4 is 5.91 Å². The first-order chi connectivity index (χ1) is 13.6. The zero-order valence-electron chi connectivity index (χ0n) is 16.1. The summed E-state index contributed by atoms with van der Waals surface area (Å²) in [5.74, 6) is 3.02. The van der Waals surface area contributed by atoms with Gasteiger partial charge in [0.15, 0.2) is 23.0 Å². The third-order valence-corrected chi connectivity index (χ3v) is 4.98. The van der Waals surface area contributed by atoms with Crippen LogP contribution in [-0.2, 0) is 11.2 Å². The number of hydrogen-bond acceptors (Lipinski definition) is 6. The third-order valence-electron chi connectivity index (χ3n) is 4.98. The van der Waals surface area contributed by atoms with Gasteiger partial charge < -0.3 is 29.2 Å². The van der Waals surface area contributed by atoms with E-state index < -0.39 is 0 Å². The van der Waals surface area contributed by atoms with Crippen LogP contribution in [0, 0.1) is 0 Å². The second kappa shape index (κ2) is 7.98. The van der Waals surface area contributed by atoms with Gasteiger partial charge >= 0.3 is 0 Å². The predicted octanol–water partition coefficient (Wildman–Crippen LogP) is 2.50. The van der Waals surface area contributed by atoms with Crippen LogP contribution in [0.15, 0.2) is 36.4 Å². The van der Waals surface area contributed by atoms with Crippen molar-refractivity contribution in [1.82, 2.24) is 10.2 Å². The summed E-state index contributed by atoms with van der Waals surface area (Å²) in [6.07, 6.45) is 1.07. The molecule has 2 aromatic rings. The second-order valence-electron chi connectivity index (χ2n) is 7.08. The van der Waals surface area contributed by atoms with Crippen LogP contribution < -0.4 is 24.3 Å². The number of likely N-dealkylation sites (N-methyl/N-ethyl adjacent to an activating group) is 1. The standard InChI is InChI=1S/C21H24N2O5/c1-23(2)16(15-5-7-18-20(10-15)28-13-26-18)11-22-21(24)8-4-14-3-6-17-19(9-14)27-12-25-17/h3,5-7,9-10,16H,4,8,11-13H2,1-2H3,(H,22,24). The topological polar surface area (TPSA) is 69.3 Å². The molecule has 1 N–H and O–H groups in total. The quantitative estimate of drug-likeness (QED) is 0.791. The van der Waals surface area contributed by atoms with Crippen LogP contribution in [0.25, 0.3) is 0 Å². The Labute approximate surface area is 164 Å². The van der Waals surface area contributed by atoms with E-state index >= 15 is 0 Å². The lowest BCUT2D eigenvalue weighted by Crippen LogP contribution is -2.34. The Balaban J connectivity index is 1.32. The van der Waals surface area contributed by atoms with E-state index in [-0.39, 0.29) is 25.5 Å². The van der Waals surface area contributed by atoms with Gasteiger partial charge in [-0.25, -0.2) is 0 Å². The van der Waals surface area contributed by atoms with E-state index in [1.165, 1.54) is 0 Å². The minimum Gasteiger partial charge on any atom is -0.454 e. The van der Waals surface area contributed by atoms with Gasteiger partial charge in [0.2, 0.25) is 19.5 Å². The lowest BCUT2D eigenvalue weighted by atomic mass is 10.0. The Kier molecular flexibility index (Phi) is 5.25. The number of aryl methyl sites for hydroxylation is 1. The Hall–Kier alpha value is -2.93. The van der Waals surface area contributed by atoms with Crippen molar-refractivity contribution in [2.75, 3.05) is 34.2 Å². The van der Waals surface area contributed by atoms with Crippen LogP contribution in [0.5, 0.6) is 23.0 Å². The maximum Gasteiger partial charge on any atom is 0.231 e. The van der Waals surface area contributed by atoms with Crippen molar-refractivity contribution in [3.8, 4) is 23.0 Å². The molecule has 148 valence electrons. The molecule has 7 heteroatoms. The second-order valence-corrected chi connectivity index (χ2v) is 7.08.